The summed E-state index contributed by atoms with van der Waals surface area (Å²) in [5.74, 6) is 0.0398. The Balaban J connectivity index is 1.64. The van der Waals surface area contributed by atoms with E-state index in [-0.39, 0.29) is 12.5 Å². The highest BCUT2D eigenvalue weighted by Gasteiger charge is 2.22. The first kappa shape index (κ1) is 11.9. The van der Waals surface area contributed by atoms with Crippen LogP contribution in [0.25, 0.3) is 10.2 Å². The number of fused-ring (bicyclic) bond motifs is 1. The van der Waals surface area contributed by atoms with E-state index in [0.29, 0.717) is 6.04 Å². The summed E-state index contributed by atoms with van der Waals surface area (Å²) < 4.78 is 2.13. The Morgan fingerprint density at radius 3 is 3.11 bits per heavy atom. The van der Waals surface area contributed by atoms with Crippen LogP contribution < -0.4 is 10.6 Å². The lowest BCUT2D eigenvalue weighted by Crippen LogP contribution is -2.31. The lowest BCUT2D eigenvalue weighted by Gasteiger charge is -2.03. The molecule has 6 heteroatoms. The molecule has 1 aromatic carbocycles. The highest BCUT2D eigenvalue weighted by atomic mass is 79.9. The van der Waals surface area contributed by atoms with Gasteiger partial charge in [-0.3, -0.25) is 4.79 Å². The van der Waals surface area contributed by atoms with Crippen molar-refractivity contribution in [3.8, 4) is 0 Å². The molecule has 18 heavy (non-hydrogen) atoms. The van der Waals surface area contributed by atoms with Gasteiger partial charge >= 0.3 is 0 Å². The molecule has 0 bridgehead atoms. The molecule has 0 aliphatic heterocycles. The molecule has 3 rings (SSSR count). The number of carbonyl (C=O) groups excluding carboxylic acids is 1. The largest absolute Gasteiger partial charge is 0.352 e. The average Bonchev–Trinajstić information content (AvgIpc) is 3.04. The summed E-state index contributed by atoms with van der Waals surface area (Å²) >= 11 is 4.98. The van der Waals surface area contributed by atoms with E-state index in [4.69, 9.17) is 0 Å². The van der Waals surface area contributed by atoms with Crippen molar-refractivity contribution in [3.05, 3.63) is 22.7 Å². The number of thiazole rings is 1. The molecule has 1 amide bonds. The first-order chi connectivity index (χ1) is 8.70. The van der Waals surface area contributed by atoms with Crippen molar-refractivity contribution < 1.29 is 4.79 Å². The van der Waals surface area contributed by atoms with Gasteiger partial charge in [-0.15, -0.1) is 0 Å². The SMILES string of the molecule is O=C(CNc1nc2cc(Br)ccc2s1)NC1CC1. The van der Waals surface area contributed by atoms with Crippen LogP contribution in [0.4, 0.5) is 5.13 Å². The molecule has 1 saturated carbocycles. The normalized spacial score (nSPS) is 14.7. The summed E-state index contributed by atoms with van der Waals surface area (Å²) in [6.07, 6.45) is 2.22. The summed E-state index contributed by atoms with van der Waals surface area (Å²) in [6, 6.07) is 6.39. The summed E-state index contributed by atoms with van der Waals surface area (Å²) in [5.41, 5.74) is 0.944. The zero-order valence-electron chi connectivity index (χ0n) is 9.57. The number of nitrogens with zero attached hydrogens (tertiary/aromatic N) is 1. The van der Waals surface area contributed by atoms with Crippen LogP contribution in [0.3, 0.4) is 0 Å². The van der Waals surface area contributed by atoms with Gasteiger partial charge in [-0.05, 0) is 31.0 Å². The number of rotatable bonds is 4. The van der Waals surface area contributed by atoms with Gasteiger partial charge in [0.25, 0.3) is 0 Å². The number of hydrogen-bond donors (Lipinski definition) is 2. The van der Waals surface area contributed by atoms with Crippen LogP contribution in [0.5, 0.6) is 0 Å². The van der Waals surface area contributed by atoms with Gasteiger partial charge in [-0.2, -0.15) is 0 Å². The molecule has 2 aromatic rings. The Labute approximate surface area is 117 Å². The summed E-state index contributed by atoms with van der Waals surface area (Å²) in [4.78, 5) is 16.0. The van der Waals surface area contributed by atoms with E-state index in [1.807, 2.05) is 18.2 Å². The number of hydrogen-bond acceptors (Lipinski definition) is 4. The lowest BCUT2D eigenvalue weighted by molar-refractivity contribution is -0.119. The number of benzene rings is 1. The molecule has 1 fully saturated rings. The van der Waals surface area contributed by atoms with Gasteiger partial charge in [0.15, 0.2) is 5.13 Å². The lowest BCUT2D eigenvalue weighted by atomic mass is 10.3. The molecule has 0 unspecified atom stereocenters. The van der Waals surface area contributed by atoms with Gasteiger partial charge < -0.3 is 10.6 Å². The summed E-state index contributed by atoms with van der Waals surface area (Å²) in [7, 11) is 0. The van der Waals surface area contributed by atoms with E-state index in [9.17, 15) is 4.79 Å². The van der Waals surface area contributed by atoms with Crippen molar-refractivity contribution in [2.24, 2.45) is 0 Å². The second-order valence-electron chi connectivity index (χ2n) is 4.33. The summed E-state index contributed by atoms with van der Waals surface area (Å²) in [6.45, 7) is 0.289. The Bertz CT molecular complexity index is 594. The fourth-order valence-electron chi connectivity index (χ4n) is 1.64. The quantitative estimate of drug-likeness (QED) is 0.908. The molecular weight excluding hydrogens is 314 g/mol. The molecular formula is C12H12BrN3OS. The fraction of sp³-hybridized carbons (Fsp3) is 0.333. The standard InChI is InChI=1S/C12H12BrN3OS/c13-7-1-4-10-9(5-7)16-12(18-10)14-6-11(17)15-8-2-3-8/h1,4-5,8H,2-3,6H2,(H,14,16)(H,15,17). The van der Waals surface area contributed by atoms with E-state index in [1.54, 1.807) is 11.3 Å². The maximum absolute atomic E-state index is 11.5. The first-order valence-electron chi connectivity index (χ1n) is 5.80. The van der Waals surface area contributed by atoms with E-state index in [1.165, 1.54) is 0 Å². The van der Waals surface area contributed by atoms with Gasteiger partial charge in [-0.1, -0.05) is 27.3 Å². The zero-order valence-corrected chi connectivity index (χ0v) is 12.0. The van der Waals surface area contributed by atoms with Crippen molar-refractivity contribution in [2.45, 2.75) is 18.9 Å². The minimum Gasteiger partial charge on any atom is -0.352 e. The monoisotopic (exact) mass is 325 g/mol. The summed E-state index contributed by atoms with van der Waals surface area (Å²) in [5, 5.41) is 6.79. The van der Waals surface area contributed by atoms with Crippen LogP contribution in [0, 0.1) is 0 Å². The van der Waals surface area contributed by atoms with Gasteiger partial charge in [0, 0.05) is 10.5 Å². The van der Waals surface area contributed by atoms with Gasteiger partial charge in [-0.25, -0.2) is 4.98 Å². The minimum atomic E-state index is 0.0398. The van der Waals surface area contributed by atoms with E-state index < -0.39 is 0 Å². The number of halogens is 1. The van der Waals surface area contributed by atoms with Crippen LogP contribution in [-0.2, 0) is 4.79 Å². The molecule has 1 aliphatic rings. The van der Waals surface area contributed by atoms with Crippen LogP contribution in [-0.4, -0.2) is 23.5 Å². The van der Waals surface area contributed by atoms with Crippen LogP contribution in [0.1, 0.15) is 12.8 Å². The molecule has 1 aromatic heterocycles. The number of carbonyl (C=O) groups is 1. The molecule has 0 atom stereocenters. The van der Waals surface area contributed by atoms with Crippen molar-refractivity contribution in [2.75, 3.05) is 11.9 Å². The van der Waals surface area contributed by atoms with E-state index >= 15 is 0 Å². The molecule has 1 aliphatic carbocycles. The Kier molecular flexibility index (Phi) is 3.22. The highest BCUT2D eigenvalue weighted by Crippen LogP contribution is 2.28. The molecule has 0 radical (unpaired) electrons. The predicted octanol–water partition coefficient (Wildman–Crippen LogP) is 2.75. The number of anilines is 1. The Morgan fingerprint density at radius 1 is 1.50 bits per heavy atom. The Hall–Kier alpha value is -1.14. The van der Waals surface area contributed by atoms with Crippen LogP contribution >= 0.6 is 27.3 Å². The smallest absolute Gasteiger partial charge is 0.239 e. The molecule has 94 valence electrons. The predicted molar refractivity (Wildman–Crippen MR) is 77.0 cm³/mol. The zero-order chi connectivity index (χ0) is 12.5. The van der Waals surface area contributed by atoms with Crippen molar-refractivity contribution >= 4 is 48.5 Å². The van der Waals surface area contributed by atoms with Gasteiger partial charge in [0.1, 0.15) is 0 Å². The number of nitrogens with one attached hydrogen (secondary N) is 2. The van der Waals surface area contributed by atoms with Crippen molar-refractivity contribution in [1.82, 2.24) is 10.3 Å². The highest BCUT2D eigenvalue weighted by molar-refractivity contribution is 9.10. The molecule has 1 heterocycles. The second kappa shape index (κ2) is 4.85. The number of aromatic nitrogens is 1. The van der Waals surface area contributed by atoms with Crippen LogP contribution in [0.2, 0.25) is 0 Å². The average molecular weight is 326 g/mol. The first-order valence-corrected chi connectivity index (χ1v) is 7.41. The maximum atomic E-state index is 11.5. The third kappa shape index (κ3) is 2.81. The van der Waals surface area contributed by atoms with E-state index in [2.05, 4.69) is 31.5 Å². The maximum Gasteiger partial charge on any atom is 0.239 e. The fourth-order valence-corrected chi connectivity index (χ4v) is 2.83. The van der Waals surface area contributed by atoms with Crippen molar-refractivity contribution in [1.29, 1.82) is 0 Å². The molecule has 2 N–H and O–H groups in total. The molecule has 4 nitrogen and oxygen atoms in total. The van der Waals surface area contributed by atoms with Gasteiger partial charge in [0.05, 0.1) is 16.8 Å². The molecule has 0 spiro atoms. The van der Waals surface area contributed by atoms with Crippen LogP contribution in [0.15, 0.2) is 22.7 Å². The number of amides is 1. The van der Waals surface area contributed by atoms with E-state index in [0.717, 1.165) is 32.7 Å². The third-order valence-electron chi connectivity index (χ3n) is 2.69. The Morgan fingerprint density at radius 2 is 2.33 bits per heavy atom. The van der Waals surface area contributed by atoms with Gasteiger partial charge in [0.2, 0.25) is 5.91 Å². The topological polar surface area (TPSA) is 54.0 Å². The minimum absolute atomic E-state index is 0.0398. The molecule has 0 saturated heterocycles. The van der Waals surface area contributed by atoms with Crippen molar-refractivity contribution in [3.63, 3.8) is 0 Å². The second-order valence-corrected chi connectivity index (χ2v) is 6.27. The third-order valence-corrected chi connectivity index (χ3v) is 4.18.